The van der Waals surface area contributed by atoms with Crippen LogP contribution in [0.25, 0.3) is 0 Å². The second kappa shape index (κ2) is 6.31. The first-order valence-corrected chi connectivity index (χ1v) is 7.75. The molecule has 0 radical (unpaired) electrons. The Kier molecular flexibility index (Phi) is 4.22. The van der Waals surface area contributed by atoms with E-state index in [2.05, 4.69) is 15.2 Å². The zero-order valence-electron chi connectivity index (χ0n) is 13.2. The quantitative estimate of drug-likeness (QED) is 0.830. The number of aromatic nitrogens is 4. The van der Waals surface area contributed by atoms with Gasteiger partial charge in [-0.05, 0) is 25.8 Å². The van der Waals surface area contributed by atoms with Crippen LogP contribution in [-0.2, 0) is 17.8 Å². The molecule has 3 rings (SSSR count). The smallest absolute Gasteiger partial charge is 0.267 e. The molecule has 0 N–H and O–H groups in total. The average molecular weight is 317 g/mol. The third-order valence-electron chi connectivity index (χ3n) is 3.94. The molecule has 23 heavy (non-hydrogen) atoms. The van der Waals surface area contributed by atoms with Crippen molar-refractivity contribution >= 4 is 5.91 Å². The molecule has 122 valence electrons. The molecule has 2 aromatic rings. The SMILES string of the molecule is CCc1nc(C2CCCN2C(=O)Cn2nc(C)ccc2=O)no1. The van der Waals surface area contributed by atoms with E-state index in [0.29, 0.717) is 30.4 Å². The molecular formula is C15H19N5O3. The number of hydrogen-bond acceptors (Lipinski definition) is 6. The Hall–Kier alpha value is -2.51. The second-order valence-corrected chi connectivity index (χ2v) is 5.62. The number of carbonyl (C=O) groups is 1. The summed E-state index contributed by atoms with van der Waals surface area (Å²) in [5.41, 5.74) is 0.411. The van der Waals surface area contributed by atoms with E-state index in [4.69, 9.17) is 4.52 Å². The van der Waals surface area contributed by atoms with Gasteiger partial charge in [0.2, 0.25) is 11.8 Å². The molecule has 0 aromatic carbocycles. The van der Waals surface area contributed by atoms with Gasteiger partial charge in [-0.25, -0.2) is 4.68 Å². The van der Waals surface area contributed by atoms with Gasteiger partial charge in [0.15, 0.2) is 5.82 Å². The van der Waals surface area contributed by atoms with Crippen molar-refractivity contribution in [3.8, 4) is 0 Å². The van der Waals surface area contributed by atoms with Gasteiger partial charge in [0, 0.05) is 19.0 Å². The third-order valence-corrected chi connectivity index (χ3v) is 3.94. The molecule has 0 aliphatic carbocycles. The minimum atomic E-state index is -0.285. The van der Waals surface area contributed by atoms with Gasteiger partial charge < -0.3 is 9.42 Å². The molecule has 1 aliphatic heterocycles. The minimum Gasteiger partial charge on any atom is -0.339 e. The van der Waals surface area contributed by atoms with E-state index in [-0.39, 0.29) is 24.1 Å². The van der Waals surface area contributed by atoms with Gasteiger partial charge in [-0.15, -0.1) is 0 Å². The number of rotatable bonds is 4. The number of carbonyl (C=O) groups excluding carboxylic acids is 1. The largest absolute Gasteiger partial charge is 0.339 e. The average Bonchev–Trinajstić information content (AvgIpc) is 3.18. The molecule has 1 saturated heterocycles. The lowest BCUT2D eigenvalue weighted by Crippen LogP contribution is -2.37. The number of aryl methyl sites for hydroxylation is 2. The maximum absolute atomic E-state index is 12.6. The maximum atomic E-state index is 12.6. The molecule has 0 bridgehead atoms. The summed E-state index contributed by atoms with van der Waals surface area (Å²) in [6.45, 7) is 4.27. The molecule has 3 heterocycles. The summed E-state index contributed by atoms with van der Waals surface area (Å²) in [5, 5.41) is 8.08. The van der Waals surface area contributed by atoms with Crippen molar-refractivity contribution in [2.45, 2.75) is 45.7 Å². The van der Waals surface area contributed by atoms with Crippen LogP contribution in [0.3, 0.4) is 0 Å². The molecule has 1 unspecified atom stereocenters. The Balaban J connectivity index is 1.78. The number of amides is 1. The van der Waals surface area contributed by atoms with E-state index in [1.54, 1.807) is 17.9 Å². The van der Waals surface area contributed by atoms with E-state index in [1.165, 1.54) is 10.7 Å². The van der Waals surface area contributed by atoms with Crippen molar-refractivity contribution in [2.24, 2.45) is 0 Å². The molecule has 0 saturated carbocycles. The molecule has 1 amide bonds. The van der Waals surface area contributed by atoms with Crippen molar-refractivity contribution in [1.82, 2.24) is 24.8 Å². The Labute approximate surface area is 133 Å². The highest BCUT2D eigenvalue weighted by Crippen LogP contribution is 2.30. The van der Waals surface area contributed by atoms with Crippen LogP contribution in [0.5, 0.6) is 0 Å². The van der Waals surface area contributed by atoms with E-state index >= 15 is 0 Å². The van der Waals surface area contributed by atoms with Crippen molar-refractivity contribution in [1.29, 1.82) is 0 Å². The van der Waals surface area contributed by atoms with Crippen molar-refractivity contribution in [2.75, 3.05) is 6.54 Å². The van der Waals surface area contributed by atoms with Crippen LogP contribution in [0.2, 0.25) is 0 Å². The summed E-state index contributed by atoms with van der Waals surface area (Å²) in [5.74, 6) is 0.948. The van der Waals surface area contributed by atoms with Gasteiger partial charge in [0.1, 0.15) is 6.54 Å². The highest BCUT2D eigenvalue weighted by atomic mass is 16.5. The van der Waals surface area contributed by atoms with Crippen molar-refractivity contribution in [3.05, 3.63) is 39.9 Å². The van der Waals surface area contributed by atoms with Crippen LogP contribution in [0.15, 0.2) is 21.5 Å². The van der Waals surface area contributed by atoms with Crippen molar-refractivity contribution < 1.29 is 9.32 Å². The van der Waals surface area contributed by atoms with E-state index in [9.17, 15) is 9.59 Å². The van der Waals surface area contributed by atoms with Gasteiger partial charge >= 0.3 is 0 Å². The Morgan fingerprint density at radius 1 is 1.43 bits per heavy atom. The Bertz CT molecular complexity index is 766. The lowest BCUT2D eigenvalue weighted by molar-refractivity contribution is -0.133. The molecule has 0 spiro atoms. The summed E-state index contributed by atoms with van der Waals surface area (Å²) in [6.07, 6.45) is 2.34. The van der Waals surface area contributed by atoms with Gasteiger partial charge in [0.05, 0.1) is 11.7 Å². The number of nitrogens with zero attached hydrogens (tertiary/aromatic N) is 5. The fraction of sp³-hybridized carbons (Fsp3) is 0.533. The first-order chi connectivity index (χ1) is 11.1. The molecule has 8 heteroatoms. The fourth-order valence-electron chi connectivity index (χ4n) is 2.76. The van der Waals surface area contributed by atoms with Gasteiger partial charge in [-0.2, -0.15) is 10.1 Å². The molecule has 8 nitrogen and oxygen atoms in total. The zero-order chi connectivity index (χ0) is 16.4. The summed E-state index contributed by atoms with van der Waals surface area (Å²) in [7, 11) is 0. The zero-order valence-corrected chi connectivity index (χ0v) is 13.2. The summed E-state index contributed by atoms with van der Waals surface area (Å²) in [4.78, 5) is 30.4. The van der Waals surface area contributed by atoms with Gasteiger partial charge in [-0.3, -0.25) is 9.59 Å². The molecule has 1 aliphatic rings. The van der Waals surface area contributed by atoms with Crippen LogP contribution < -0.4 is 5.56 Å². The Morgan fingerprint density at radius 3 is 3.00 bits per heavy atom. The summed E-state index contributed by atoms with van der Waals surface area (Å²) < 4.78 is 6.34. The van der Waals surface area contributed by atoms with Gasteiger partial charge in [0.25, 0.3) is 5.56 Å². The summed E-state index contributed by atoms with van der Waals surface area (Å²) >= 11 is 0. The first kappa shape index (κ1) is 15.4. The predicted molar refractivity (Wildman–Crippen MR) is 80.6 cm³/mol. The minimum absolute atomic E-state index is 0.0739. The van der Waals surface area contributed by atoms with Crippen LogP contribution in [0, 0.1) is 6.92 Å². The summed E-state index contributed by atoms with van der Waals surface area (Å²) in [6, 6.07) is 2.87. The topological polar surface area (TPSA) is 94.1 Å². The highest BCUT2D eigenvalue weighted by Gasteiger charge is 2.33. The predicted octanol–water partition coefficient (Wildman–Crippen LogP) is 0.861. The van der Waals surface area contributed by atoms with Crippen LogP contribution in [0.4, 0.5) is 0 Å². The third kappa shape index (κ3) is 3.15. The van der Waals surface area contributed by atoms with Gasteiger partial charge in [-0.1, -0.05) is 12.1 Å². The van der Waals surface area contributed by atoms with Crippen LogP contribution >= 0.6 is 0 Å². The molecule has 1 atom stereocenters. The Morgan fingerprint density at radius 2 is 2.26 bits per heavy atom. The van der Waals surface area contributed by atoms with E-state index < -0.39 is 0 Å². The van der Waals surface area contributed by atoms with Crippen LogP contribution in [0.1, 0.15) is 43.2 Å². The van der Waals surface area contributed by atoms with Crippen LogP contribution in [-0.4, -0.2) is 37.3 Å². The standard InChI is InChI=1S/C15H19N5O3/c1-3-12-16-15(18-23-12)11-5-4-8-19(11)14(22)9-20-13(21)7-6-10(2)17-20/h6-7,11H,3-5,8-9H2,1-2H3. The lowest BCUT2D eigenvalue weighted by atomic mass is 10.2. The molecular weight excluding hydrogens is 298 g/mol. The first-order valence-electron chi connectivity index (χ1n) is 7.75. The monoisotopic (exact) mass is 317 g/mol. The van der Waals surface area contributed by atoms with E-state index in [1.807, 2.05) is 6.92 Å². The molecule has 1 fully saturated rings. The van der Waals surface area contributed by atoms with Crippen molar-refractivity contribution in [3.63, 3.8) is 0 Å². The number of hydrogen-bond donors (Lipinski definition) is 0. The molecule has 2 aromatic heterocycles. The highest BCUT2D eigenvalue weighted by molar-refractivity contribution is 5.76. The maximum Gasteiger partial charge on any atom is 0.267 e. The normalized spacial score (nSPS) is 17.7. The second-order valence-electron chi connectivity index (χ2n) is 5.62. The van der Waals surface area contributed by atoms with E-state index in [0.717, 1.165) is 12.8 Å². The number of likely N-dealkylation sites (tertiary alicyclic amines) is 1. The fourth-order valence-corrected chi connectivity index (χ4v) is 2.76. The lowest BCUT2D eigenvalue weighted by Gasteiger charge is -2.22.